The summed E-state index contributed by atoms with van der Waals surface area (Å²) >= 11 is 3.50. The first-order chi connectivity index (χ1) is 10.0. The molecule has 2 aromatic rings. The molecule has 0 bridgehead atoms. The molecule has 1 N–H and O–H groups in total. The topological polar surface area (TPSA) is 29.1 Å². The Morgan fingerprint density at radius 2 is 1.81 bits per heavy atom. The molecule has 2 nitrogen and oxygen atoms in total. The van der Waals surface area contributed by atoms with Crippen LogP contribution in [0.1, 0.15) is 46.4 Å². The van der Waals surface area contributed by atoms with Crippen molar-refractivity contribution in [3.05, 3.63) is 69.2 Å². The Labute approximate surface area is 134 Å². The quantitative estimate of drug-likeness (QED) is 0.834. The number of halogens is 1. The van der Waals surface area contributed by atoms with E-state index in [2.05, 4.69) is 59.4 Å². The van der Waals surface area contributed by atoms with Gasteiger partial charge in [-0.25, -0.2) is 0 Å². The average Bonchev–Trinajstić information content (AvgIpc) is 2.48. The number of hydrogen-bond acceptors (Lipinski definition) is 1. The summed E-state index contributed by atoms with van der Waals surface area (Å²) in [5.41, 5.74) is 4.10. The molecule has 0 heterocycles. The zero-order valence-electron chi connectivity index (χ0n) is 12.6. The molecule has 0 fully saturated rings. The van der Waals surface area contributed by atoms with Crippen LogP contribution in [0.4, 0.5) is 0 Å². The smallest absolute Gasteiger partial charge is 0.252 e. The van der Waals surface area contributed by atoms with Crippen LogP contribution in [-0.4, -0.2) is 5.91 Å². The number of rotatable bonds is 4. The Kier molecular flexibility index (Phi) is 5.18. The molecule has 2 rings (SSSR count). The fraction of sp³-hybridized carbons (Fsp3) is 0.278. The summed E-state index contributed by atoms with van der Waals surface area (Å²) in [5, 5.41) is 3.12. The molecule has 0 spiro atoms. The number of amides is 1. The van der Waals surface area contributed by atoms with Gasteiger partial charge in [0.25, 0.3) is 5.91 Å². The van der Waals surface area contributed by atoms with Gasteiger partial charge in [-0.3, -0.25) is 4.79 Å². The third kappa shape index (κ3) is 3.73. The molecule has 0 aliphatic heterocycles. The second-order valence-electron chi connectivity index (χ2n) is 5.28. The van der Waals surface area contributed by atoms with Crippen molar-refractivity contribution in [2.75, 3.05) is 0 Å². The number of carbonyl (C=O) groups is 1. The van der Waals surface area contributed by atoms with Gasteiger partial charge in [-0.05, 0) is 53.4 Å². The van der Waals surface area contributed by atoms with Gasteiger partial charge in [0.1, 0.15) is 0 Å². The van der Waals surface area contributed by atoms with E-state index in [4.69, 9.17) is 0 Å². The van der Waals surface area contributed by atoms with E-state index in [1.54, 1.807) is 0 Å². The lowest BCUT2D eigenvalue weighted by atomic mass is 10.0. The summed E-state index contributed by atoms with van der Waals surface area (Å²) in [4.78, 5) is 12.5. The maximum Gasteiger partial charge on any atom is 0.252 e. The second-order valence-corrected chi connectivity index (χ2v) is 6.07. The molecule has 1 unspecified atom stereocenters. The summed E-state index contributed by atoms with van der Waals surface area (Å²) in [5.74, 6) is -0.0435. The molecule has 0 saturated heterocycles. The van der Waals surface area contributed by atoms with Crippen molar-refractivity contribution in [2.24, 2.45) is 0 Å². The first kappa shape index (κ1) is 15.8. The van der Waals surface area contributed by atoms with Crippen LogP contribution in [0.15, 0.2) is 46.9 Å². The van der Waals surface area contributed by atoms with Gasteiger partial charge in [-0.2, -0.15) is 0 Å². The maximum absolute atomic E-state index is 12.5. The van der Waals surface area contributed by atoms with Crippen LogP contribution in [0, 0.1) is 13.8 Å². The molecule has 110 valence electrons. The Morgan fingerprint density at radius 3 is 2.43 bits per heavy atom. The van der Waals surface area contributed by atoms with Crippen molar-refractivity contribution in [3.8, 4) is 0 Å². The van der Waals surface area contributed by atoms with E-state index >= 15 is 0 Å². The predicted molar refractivity (Wildman–Crippen MR) is 90.6 cm³/mol. The van der Waals surface area contributed by atoms with Crippen molar-refractivity contribution in [2.45, 2.75) is 33.2 Å². The second kappa shape index (κ2) is 6.90. The number of hydrogen-bond donors (Lipinski definition) is 1. The number of nitrogens with one attached hydrogen (secondary N) is 1. The third-order valence-corrected chi connectivity index (χ3v) is 4.68. The Balaban J connectivity index is 2.20. The van der Waals surface area contributed by atoms with E-state index < -0.39 is 0 Å². The first-order valence-corrected chi connectivity index (χ1v) is 7.94. The van der Waals surface area contributed by atoms with Gasteiger partial charge in [0.2, 0.25) is 0 Å². The number of benzene rings is 2. The standard InChI is InChI=1S/C18H20BrNO/c1-4-16(14-10-8-12(2)9-11-14)20-18(21)15-7-5-6-13(3)17(15)19/h5-11,16H,4H2,1-3H3,(H,20,21). The van der Waals surface area contributed by atoms with Gasteiger partial charge in [0, 0.05) is 4.47 Å². The minimum Gasteiger partial charge on any atom is -0.345 e. The van der Waals surface area contributed by atoms with E-state index in [1.165, 1.54) is 5.56 Å². The lowest BCUT2D eigenvalue weighted by Crippen LogP contribution is -2.28. The number of carbonyl (C=O) groups excluding carboxylic acids is 1. The molecule has 0 aliphatic rings. The molecule has 2 aromatic carbocycles. The van der Waals surface area contributed by atoms with Gasteiger partial charge in [0.05, 0.1) is 11.6 Å². The van der Waals surface area contributed by atoms with E-state index in [0.717, 1.165) is 22.0 Å². The normalized spacial score (nSPS) is 12.0. The minimum absolute atomic E-state index is 0.0329. The molecule has 0 aromatic heterocycles. The van der Waals surface area contributed by atoms with Crippen molar-refractivity contribution in [3.63, 3.8) is 0 Å². The van der Waals surface area contributed by atoms with Gasteiger partial charge < -0.3 is 5.32 Å². The molecule has 3 heteroatoms. The van der Waals surface area contributed by atoms with Crippen molar-refractivity contribution < 1.29 is 4.79 Å². The highest BCUT2D eigenvalue weighted by atomic mass is 79.9. The lowest BCUT2D eigenvalue weighted by Gasteiger charge is -2.18. The van der Waals surface area contributed by atoms with Crippen LogP contribution in [-0.2, 0) is 0 Å². The maximum atomic E-state index is 12.5. The molecule has 0 aliphatic carbocycles. The third-order valence-electron chi connectivity index (χ3n) is 3.63. The average molecular weight is 346 g/mol. The van der Waals surface area contributed by atoms with Crippen LogP contribution in [0.3, 0.4) is 0 Å². The fourth-order valence-electron chi connectivity index (χ4n) is 2.28. The highest BCUT2D eigenvalue weighted by Crippen LogP contribution is 2.23. The Bertz CT molecular complexity index is 634. The van der Waals surface area contributed by atoms with Crippen LogP contribution >= 0.6 is 15.9 Å². The van der Waals surface area contributed by atoms with E-state index in [0.29, 0.717) is 5.56 Å². The molecule has 1 atom stereocenters. The summed E-state index contributed by atoms with van der Waals surface area (Å²) < 4.78 is 0.862. The van der Waals surface area contributed by atoms with E-state index in [9.17, 15) is 4.79 Å². The largest absolute Gasteiger partial charge is 0.345 e. The molecule has 1 amide bonds. The monoisotopic (exact) mass is 345 g/mol. The summed E-state index contributed by atoms with van der Waals surface area (Å²) in [7, 11) is 0. The molecular weight excluding hydrogens is 326 g/mol. The zero-order valence-corrected chi connectivity index (χ0v) is 14.2. The predicted octanol–water partition coefficient (Wildman–Crippen LogP) is 4.95. The van der Waals surface area contributed by atoms with Gasteiger partial charge in [-0.1, -0.05) is 48.9 Å². The summed E-state index contributed by atoms with van der Waals surface area (Å²) in [6.07, 6.45) is 0.859. The zero-order chi connectivity index (χ0) is 15.4. The van der Waals surface area contributed by atoms with Crippen LogP contribution in [0.5, 0.6) is 0 Å². The summed E-state index contributed by atoms with van der Waals surface area (Å²) in [6, 6.07) is 14.1. The van der Waals surface area contributed by atoms with Gasteiger partial charge in [-0.15, -0.1) is 0 Å². The van der Waals surface area contributed by atoms with E-state index in [1.807, 2.05) is 25.1 Å². The van der Waals surface area contributed by atoms with Crippen LogP contribution in [0.25, 0.3) is 0 Å². The van der Waals surface area contributed by atoms with Gasteiger partial charge in [0.15, 0.2) is 0 Å². The molecule has 21 heavy (non-hydrogen) atoms. The van der Waals surface area contributed by atoms with Crippen LogP contribution in [0.2, 0.25) is 0 Å². The SMILES string of the molecule is CCC(NC(=O)c1cccc(C)c1Br)c1ccc(C)cc1. The van der Waals surface area contributed by atoms with Crippen LogP contribution < -0.4 is 5.32 Å². The fourth-order valence-corrected chi connectivity index (χ4v) is 2.72. The molecular formula is C18H20BrNO. The molecule has 0 radical (unpaired) electrons. The Hall–Kier alpha value is -1.61. The molecule has 0 saturated carbocycles. The highest BCUT2D eigenvalue weighted by molar-refractivity contribution is 9.10. The first-order valence-electron chi connectivity index (χ1n) is 7.15. The minimum atomic E-state index is -0.0435. The lowest BCUT2D eigenvalue weighted by molar-refractivity contribution is 0.0934. The highest BCUT2D eigenvalue weighted by Gasteiger charge is 2.16. The van der Waals surface area contributed by atoms with Gasteiger partial charge >= 0.3 is 0 Å². The van der Waals surface area contributed by atoms with E-state index in [-0.39, 0.29) is 11.9 Å². The summed E-state index contributed by atoms with van der Waals surface area (Å²) in [6.45, 7) is 6.13. The van der Waals surface area contributed by atoms with Crippen molar-refractivity contribution in [1.82, 2.24) is 5.32 Å². The Morgan fingerprint density at radius 1 is 1.14 bits per heavy atom. The van der Waals surface area contributed by atoms with Crippen molar-refractivity contribution >= 4 is 21.8 Å². The van der Waals surface area contributed by atoms with Crippen molar-refractivity contribution in [1.29, 1.82) is 0 Å². The number of aryl methyl sites for hydroxylation is 2.